The van der Waals surface area contributed by atoms with Crippen molar-refractivity contribution >= 4 is 29.0 Å². The fourth-order valence-corrected chi connectivity index (χ4v) is 3.95. The largest absolute Gasteiger partial charge is 0.384 e. The SMILES string of the molecule is O=C(c1ccc2c(c1)NCC2)N1CCSc2ccccc21. The Labute approximate surface area is 128 Å². The van der Waals surface area contributed by atoms with Gasteiger partial charge in [-0.1, -0.05) is 18.2 Å². The van der Waals surface area contributed by atoms with Gasteiger partial charge in [0.25, 0.3) is 5.91 Å². The van der Waals surface area contributed by atoms with E-state index in [4.69, 9.17) is 0 Å². The molecule has 0 spiro atoms. The van der Waals surface area contributed by atoms with Gasteiger partial charge in [0.15, 0.2) is 0 Å². The third kappa shape index (κ3) is 2.20. The predicted molar refractivity (Wildman–Crippen MR) is 87.5 cm³/mol. The van der Waals surface area contributed by atoms with Crippen LogP contribution in [0.25, 0.3) is 0 Å². The van der Waals surface area contributed by atoms with E-state index in [9.17, 15) is 4.79 Å². The van der Waals surface area contributed by atoms with E-state index in [0.717, 1.165) is 42.2 Å². The highest BCUT2D eigenvalue weighted by Crippen LogP contribution is 2.35. The zero-order valence-corrected chi connectivity index (χ0v) is 12.5. The van der Waals surface area contributed by atoms with E-state index < -0.39 is 0 Å². The molecule has 2 aromatic rings. The standard InChI is InChI=1S/C17H16N2OS/c20-17(13-6-5-12-7-8-18-14(12)11-13)19-9-10-21-16-4-2-1-3-15(16)19/h1-6,11,18H,7-10H2. The molecule has 4 rings (SSSR count). The van der Waals surface area contributed by atoms with Gasteiger partial charge in [-0.25, -0.2) is 0 Å². The van der Waals surface area contributed by atoms with Crippen LogP contribution in [0.1, 0.15) is 15.9 Å². The van der Waals surface area contributed by atoms with Crippen molar-refractivity contribution < 1.29 is 4.79 Å². The highest BCUT2D eigenvalue weighted by Gasteiger charge is 2.24. The lowest BCUT2D eigenvalue weighted by molar-refractivity contribution is 0.0987. The summed E-state index contributed by atoms with van der Waals surface area (Å²) >= 11 is 1.82. The van der Waals surface area contributed by atoms with Crippen molar-refractivity contribution in [3.05, 3.63) is 53.6 Å². The van der Waals surface area contributed by atoms with Crippen LogP contribution in [-0.4, -0.2) is 24.7 Å². The second-order valence-electron chi connectivity index (χ2n) is 5.32. The molecule has 0 saturated carbocycles. The van der Waals surface area contributed by atoms with Gasteiger partial charge in [-0.2, -0.15) is 0 Å². The normalized spacial score (nSPS) is 16.1. The van der Waals surface area contributed by atoms with E-state index in [2.05, 4.69) is 17.4 Å². The number of thioether (sulfide) groups is 1. The van der Waals surface area contributed by atoms with E-state index in [0.29, 0.717) is 0 Å². The fourth-order valence-electron chi connectivity index (χ4n) is 2.96. The zero-order valence-electron chi connectivity index (χ0n) is 11.6. The summed E-state index contributed by atoms with van der Waals surface area (Å²) in [6, 6.07) is 14.2. The minimum absolute atomic E-state index is 0.0965. The second-order valence-corrected chi connectivity index (χ2v) is 6.46. The van der Waals surface area contributed by atoms with Crippen LogP contribution in [0.2, 0.25) is 0 Å². The molecule has 106 valence electrons. The van der Waals surface area contributed by atoms with Crippen LogP contribution in [0.5, 0.6) is 0 Å². The van der Waals surface area contributed by atoms with Gasteiger partial charge in [-0.15, -0.1) is 11.8 Å². The highest BCUT2D eigenvalue weighted by atomic mass is 32.2. The number of fused-ring (bicyclic) bond motifs is 2. The number of hydrogen-bond acceptors (Lipinski definition) is 3. The molecule has 0 fully saturated rings. The number of nitrogens with one attached hydrogen (secondary N) is 1. The van der Waals surface area contributed by atoms with E-state index in [1.54, 1.807) is 0 Å². The zero-order chi connectivity index (χ0) is 14.2. The van der Waals surface area contributed by atoms with Crippen LogP contribution >= 0.6 is 11.8 Å². The summed E-state index contributed by atoms with van der Waals surface area (Å²) in [6.45, 7) is 1.74. The van der Waals surface area contributed by atoms with E-state index in [1.165, 1.54) is 10.5 Å². The van der Waals surface area contributed by atoms with Crippen molar-refractivity contribution in [3.8, 4) is 0 Å². The highest BCUT2D eigenvalue weighted by molar-refractivity contribution is 7.99. The van der Waals surface area contributed by atoms with Gasteiger partial charge in [-0.05, 0) is 36.2 Å². The molecule has 0 aliphatic carbocycles. The molecule has 0 aromatic heterocycles. The van der Waals surface area contributed by atoms with Gasteiger partial charge >= 0.3 is 0 Å². The summed E-state index contributed by atoms with van der Waals surface area (Å²) in [5.41, 5.74) is 4.22. The van der Waals surface area contributed by atoms with Gasteiger partial charge in [0.05, 0.1) is 5.69 Å². The number of anilines is 2. The summed E-state index contributed by atoms with van der Waals surface area (Å²) in [6.07, 6.45) is 1.05. The number of para-hydroxylation sites is 1. The molecule has 4 heteroatoms. The molecule has 1 N–H and O–H groups in total. The van der Waals surface area contributed by atoms with E-state index in [-0.39, 0.29) is 5.91 Å². The van der Waals surface area contributed by atoms with Crippen LogP contribution in [-0.2, 0) is 6.42 Å². The van der Waals surface area contributed by atoms with Crippen molar-refractivity contribution in [1.82, 2.24) is 0 Å². The third-order valence-electron chi connectivity index (χ3n) is 4.04. The number of benzene rings is 2. The second kappa shape index (κ2) is 5.11. The molecular weight excluding hydrogens is 280 g/mol. The molecule has 2 aromatic carbocycles. The molecule has 1 amide bonds. The van der Waals surface area contributed by atoms with Crippen LogP contribution < -0.4 is 10.2 Å². The van der Waals surface area contributed by atoms with Crippen molar-refractivity contribution in [2.75, 3.05) is 29.1 Å². The molecule has 0 unspecified atom stereocenters. The number of carbonyl (C=O) groups is 1. The van der Waals surface area contributed by atoms with Crippen LogP contribution in [0, 0.1) is 0 Å². The number of rotatable bonds is 1. The first-order valence-electron chi connectivity index (χ1n) is 7.23. The Balaban J connectivity index is 1.70. The molecule has 0 bridgehead atoms. The van der Waals surface area contributed by atoms with E-state index >= 15 is 0 Å². The minimum atomic E-state index is 0.0965. The maximum atomic E-state index is 12.9. The molecule has 2 aliphatic heterocycles. The lowest BCUT2D eigenvalue weighted by atomic mass is 10.1. The average molecular weight is 296 g/mol. The molecule has 0 saturated heterocycles. The summed E-state index contributed by atoms with van der Waals surface area (Å²) in [5.74, 6) is 1.05. The third-order valence-corrected chi connectivity index (χ3v) is 5.08. The van der Waals surface area contributed by atoms with Crippen LogP contribution in [0.4, 0.5) is 11.4 Å². The van der Waals surface area contributed by atoms with E-state index in [1.807, 2.05) is 47.0 Å². The summed E-state index contributed by atoms with van der Waals surface area (Å²) < 4.78 is 0. The van der Waals surface area contributed by atoms with Crippen molar-refractivity contribution in [3.63, 3.8) is 0 Å². The van der Waals surface area contributed by atoms with Gasteiger partial charge in [0.2, 0.25) is 0 Å². The Kier molecular flexibility index (Phi) is 3.11. The lowest BCUT2D eigenvalue weighted by Gasteiger charge is -2.29. The first-order chi connectivity index (χ1) is 10.3. The first-order valence-corrected chi connectivity index (χ1v) is 8.22. The minimum Gasteiger partial charge on any atom is -0.384 e. The molecule has 21 heavy (non-hydrogen) atoms. The Bertz CT molecular complexity index is 714. The molecule has 3 nitrogen and oxygen atoms in total. The van der Waals surface area contributed by atoms with Crippen molar-refractivity contribution in [1.29, 1.82) is 0 Å². The van der Waals surface area contributed by atoms with Gasteiger partial charge in [0, 0.05) is 35.0 Å². The monoisotopic (exact) mass is 296 g/mol. The lowest BCUT2D eigenvalue weighted by Crippen LogP contribution is -2.35. The summed E-state index contributed by atoms with van der Waals surface area (Å²) in [5, 5.41) is 3.34. The van der Waals surface area contributed by atoms with Crippen LogP contribution in [0.3, 0.4) is 0 Å². The number of amides is 1. The Morgan fingerprint density at radius 3 is 3.05 bits per heavy atom. The summed E-state index contributed by atoms with van der Waals surface area (Å²) in [7, 11) is 0. The molecule has 2 aliphatic rings. The van der Waals surface area contributed by atoms with Gasteiger partial charge in [0.1, 0.15) is 0 Å². The molecule has 0 atom stereocenters. The average Bonchev–Trinajstić information content (AvgIpc) is 3.01. The number of carbonyl (C=O) groups excluding carboxylic acids is 1. The maximum Gasteiger partial charge on any atom is 0.258 e. The molecule has 2 heterocycles. The first kappa shape index (κ1) is 12.8. The number of hydrogen-bond donors (Lipinski definition) is 1. The Morgan fingerprint density at radius 2 is 2.10 bits per heavy atom. The smallest absolute Gasteiger partial charge is 0.258 e. The van der Waals surface area contributed by atoms with Crippen molar-refractivity contribution in [2.24, 2.45) is 0 Å². The topological polar surface area (TPSA) is 32.3 Å². The van der Waals surface area contributed by atoms with Crippen molar-refractivity contribution in [2.45, 2.75) is 11.3 Å². The molecule has 0 radical (unpaired) electrons. The quantitative estimate of drug-likeness (QED) is 0.875. The Morgan fingerprint density at radius 1 is 1.19 bits per heavy atom. The van der Waals surface area contributed by atoms with Crippen LogP contribution in [0.15, 0.2) is 47.4 Å². The number of nitrogens with zero attached hydrogens (tertiary/aromatic N) is 1. The summed E-state index contributed by atoms with van der Waals surface area (Å²) in [4.78, 5) is 15.9. The predicted octanol–water partition coefficient (Wildman–Crippen LogP) is 3.41. The fraction of sp³-hybridized carbons (Fsp3) is 0.235. The van der Waals surface area contributed by atoms with Gasteiger partial charge < -0.3 is 10.2 Å². The maximum absolute atomic E-state index is 12.9. The molecular formula is C17H16N2OS. The Hall–Kier alpha value is -1.94. The van der Waals surface area contributed by atoms with Gasteiger partial charge in [-0.3, -0.25) is 4.79 Å².